The molecule has 0 aromatic carbocycles. The minimum absolute atomic E-state index is 0.614. The maximum Gasteiger partial charge on any atom is 0.155 e. The van der Waals surface area contributed by atoms with E-state index in [1.165, 1.54) is 0 Å². The highest BCUT2D eigenvalue weighted by atomic mass is 35.5. The van der Waals surface area contributed by atoms with Gasteiger partial charge in [0.05, 0.1) is 23.1 Å². The Morgan fingerprint density at radius 2 is 2.08 bits per heavy atom. The van der Waals surface area contributed by atoms with Gasteiger partial charge in [-0.05, 0) is 6.92 Å². The monoisotopic (exact) mass is 197 g/mol. The van der Waals surface area contributed by atoms with E-state index in [9.17, 15) is 0 Å². The molecule has 0 saturated carbocycles. The first-order valence-corrected chi connectivity index (χ1v) is 4.61. The van der Waals surface area contributed by atoms with E-state index in [0.717, 1.165) is 11.3 Å². The van der Waals surface area contributed by atoms with Crippen molar-refractivity contribution < 1.29 is 0 Å². The van der Waals surface area contributed by atoms with Gasteiger partial charge in [-0.1, -0.05) is 25.4 Å². The second-order valence-corrected chi connectivity index (χ2v) is 2.80. The van der Waals surface area contributed by atoms with Crippen LogP contribution in [0.4, 0.5) is 0 Å². The Morgan fingerprint density at radius 1 is 1.38 bits per heavy atom. The highest BCUT2D eigenvalue weighted by Gasteiger charge is 1.97. The average Bonchev–Trinajstić information content (AvgIpc) is 2.48. The van der Waals surface area contributed by atoms with Gasteiger partial charge in [0.15, 0.2) is 5.65 Å². The summed E-state index contributed by atoms with van der Waals surface area (Å²) in [5.74, 6) is 0. The Hall–Kier alpha value is -1.09. The van der Waals surface area contributed by atoms with E-state index in [-0.39, 0.29) is 0 Å². The van der Waals surface area contributed by atoms with E-state index >= 15 is 0 Å². The van der Waals surface area contributed by atoms with Crippen LogP contribution in [0.1, 0.15) is 19.5 Å². The van der Waals surface area contributed by atoms with E-state index < -0.39 is 0 Å². The maximum atomic E-state index is 5.71. The third kappa shape index (κ3) is 2.18. The highest BCUT2D eigenvalue weighted by Crippen LogP contribution is 2.09. The van der Waals surface area contributed by atoms with Crippen LogP contribution in [0.25, 0.3) is 5.65 Å². The summed E-state index contributed by atoms with van der Waals surface area (Å²) in [6, 6.07) is 1.78. The molecule has 2 aromatic heterocycles. The third-order valence-corrected chi connectivity index (χ3v) is 1.61. The molecule has 0 aliphatic carbocycles. The molecule has 13 heavy (non-hydrogen) atoms. The predicted molar refractivity (Wildman–Crippen MR) is 54.1 cm³/mol. The van der Waals surface area contributed by atoms with E-state index in [4.69, 9.17) is 11.6 Å². The molecule has 0 atom stereocenters. The predicted octanol–water partition coefficient (Wildman–Crippen LogP) is 2.72. The first-order chi connectivity index (χ1) is 6.25. The van der Waals surface area contributed by atoms with Crippen molar-refractivity contribution in [3.05, 3.63) is 29.2 Å². The molecule has 0 bridgehead atoms. The van der Waals surface area contributed by atoms with Crippen LogP contribution < -0.4 is 0 Å². The molecule has 0 radical (unpaired) electrons. The SMILES string of the molecule is CC.Cc1cn2ncc(Cl)cc2n1. The number of nitrogens with zero attached hydrogens (tertiary/aromatic N) is 3. The second-order valence-electron chi connectivity index (χ2n) is 2.36. The van der Waals surface area contributed by atoms with Gasteiger partial charge in [0.2, 0.25) is 0 Å². The van der Waals surface area contributed by atoms with Gasteiger partial charge in [-0.3, -0.25) is 0 Å². The average molecular weight is 198 g/mol. The zero-order valence-electron chi connectivity index (χ0n) is 7.95. The molecule has 0 spiro atoms. The second kappa shape index (κ2) is 4.23. The summed E-state index contributed by atoms with van der Waals surface area (Å²) in [6.45, 7) is 5.92. The van der Waals surface area contributed by atoms with Crippen LogP contribution in [0.2, 0.25) is 5.02 Å². The minimum Gasteiger partial charge on any atom is -0.232 e. The first-order valence-electron chi connectivity index (χ1n) is 4.23. The van der Waals surface area contributed by atoms with E-state index in [2.05, 4.69) is 10.1 Å². The van der Waals surface area contributed by atoms with Crippen molar-refractivity contribution in [2.75, 3.05) is 0 Å². The Labute approximate surface area is 82.4 Å². The van der Waals surface area contributed by atoms with Gasteiger partial charge in [-0.2, -0.15) is 5.10 Å². The fourth-order valence-electron chi connectivity index (χ4n) is 0.973. The Bertz CT molecular complexity index is 395. The number of hydrogen-bond donors (Lipinski definition) is 0. The maximum absolute atomic E-state index is 5.71. The van der Waals surface area contributed by atoms with Gasteiger partial charge in [0, 0.05) is 6.07 Å². The van der Waals surface area contributed by atoms with E-state index in [0.29, 0.717) is 5.02 Å². The summed E-state index contributed by atoms with van der Waals surface area (Å²) in [7, 11) is 0. The summed E-state index contributed by atoms with van der Waals surface area (Å²) < 4.78 is 1.70. The van der Waals surface area contributed by atoms with Crippen LogP contribution in [-0.4, -0.2) is 14.6 Å². The fraction of sp³-hybridized carbons (Fsp3) is 0.333. The lowest BCUT2D eigenvalue weighted by atomic mass is 10.5. The summed E-state index contributed by atoms with van der Waals surface area (Å²) in [6.07, 6.45) is 3.45. The Morgan fingerprint density at radius 3 is 2.77 bits per heavy atom. The largest absolute Gasteiger partial charge is 0.232 e. The standard InChI is InChI=1S/C7H6ClN3.C2H6/c1-5-4-11-7(10-5)2-6(8)3-9-11;1-2/h2-4H,1H3;1-2H3. The van der Waals surface area contributed by atoms with Crippen molar-refractivity contribution in [3.63, 3.8) is 0 Å². The number of fused-ring (bicyclic) bond motifs is 1. The molecule has 0 unspecified atom stereocenters. The zero-order chi connectivity index (χ0) is 9.84. The van der Waals surface area contributed by atoms with Gasteiger partial charge < -0.3 is 0 Å². The van der Waals surface area contributed by atoms with Crippen molar-refractivity contribution in [1.82, 2.24) is 14.6 Å². The molecular weight excluding hydrogens is 186 g/mol. The van der Waals surface area contributed by atoms with Crippen LogP contribution in [0.5, 0.6) is 0 Å². The molecule has 0 fully saturated rings. The van der Waals surface area contributed by atoms with Crippen LogP contribution >= 0.6 is 11.6 Å². The lowest BCUT2D eigenvalue weighted by molar-refractivity contribution is 0.934. The molecule has 70 valence electrons. The number of hydrogen-bond acceptors (Lipinski definition) is 2. The lowest BCUT2D eigenvalue weighted by Crippen LogP contribution is -1.87. The molecule has 2 rings (SSSR count). The molecule has 2 aromatic rings. The summed E-state index contributed by atoms with van der Waals surface area (Å²) >= 11 is 5.71. The van der Waals surface area contributed by atoms with E-state index in [1.807, 2.05) is 27.0 Å². The molecular formula is C9H12ClN3. The highest BCUT2D eigenvalue weighted by molar-refractivity contribution is 6.30. The molecule has 0 aliphatic rings. The van der Waals surface area contributed by atoms with Gasteiger partial charge in [-0.15, -0.1) is 0 Å². The molecule has 0 amide bonds. The van der Waals surface area contributed by atoms with Crippen molar-refractivity contribution in [2.24, 2.45) is 0 Å². The molecule has 2 heterocycles. The summed E-state index contributed by atoms with van der Waals surface area (Å²) in [5, 5.41) is 4.64. The molecule has 3 nitrogen and oxygen atoms in total. The Kier molecular flexibility index (Phi) is 3.25. The molecule has 4 heteroatoms. The fourth-order valence-corrected chi connectivity index (χ4v) is 1.11. The minimum atomic E-state index is 0.614. The quantitative estimate of drug-likeness (QED) is 0.650. The lowest BCUT2D eigenvalue weighted by Gasteiger charge is -1.89. The van der Waals surface area contributed by atoms with Crippen molar-refractivity contribution in [1.29, 1.82) is 0 Å². The van der Waals surface area contributed by atoms with Crippen LogP contribution in [0.3, 0.4) is 0 Å². The first kappa shape index (κ1) is 9.99. The molecule has 0 saturated heterocycles. The van der Waals surface area contributed by atoms with Gasteiger partial charge in [0.1, 0.15) is 0 Å². The van der Waals surface area contributed by atoms with Gasteiger partial charge in [0.25, 0.3) is 0 Å². The van der Waals surface area contributed by atoms with Gasteiger partial charge in [-0.25, -0.2) is 9.50 Å². The van der Waals surface area contributed by atoms with Crippen molar-refractivity contribution >= 4 is 17.2 Å². The zero-order valence-corrected chi connectivity index (χ0v) is 8.71. The van der Waals surface area contributed by atoms with E-state index in [1.54, 1.807) is 16.8 Å². The topological polar surface area (TPSA) is 30.2 Å². The van der Waals surface area contributed by atoms with Gasteiger partial charge >= 0.3 is 0 Å². The normalized spacial score (nSPS) is 9.54. The van der Waals surface area contributed by atoms with Crippen LogP contribution in [-0.2, 0) is 0 Å². The summed E-state index contributed by atoms with van der Waals surface area (Å²) in [4.78, 5) is 4.19. The third-order valence-electron chi connectivity index (χ3n) is 1.41. The number of aromatic nitrogens is 3. The molecule has 0 aliphatic heterocycles. The smallest absolute Gasteiger partial charge is 0.155 e. The Balaban J connectivity index is 0.000000396. The number of aryl methyl sites for hydroxylation is 1. The van der Waals surface area contributed by atoms with Crippen molar-refractivity contribution in [3.8, 4) is 0 Å². The van der Waals surface area contributed by atoms with Crippen LogP contribution in [0, 0.1) is 6.92 Å². The summed E-state index contributed by atoms with van der Waals surface area (Å²) in [5.41, 5.74) is 1.73. The van der Waals surface area contributed by atoms with Crippen LogP contribution in [0.15, 0.2) is 18.5 Å². The number of imidazole rings is 1. The van der Waals surface area contributed by atoms with Crippen molar-refractivity contribution in [2.45, 2.75) is 20.8 Å². The number of rotatable bonds is 0. The molecule has 0 N–H and O–H groups in total. The number of halogens is 1.